The molecule has 0 radical (unpaired) electrons. The standard InChI is InChI=1S/C34H35ClN6O4/c1-21-31(34(44)41(40(21)4)26-9-6-8-25(35)17-26)30(43)15-22-11-13-23(14-12-22)32-33(36)37-18-29(38-32)24-7-5-10-28(16-24)45-20-27(42)19-39(2)3/h5-14,16-18,27,42H,15,19-20H2,1-4H3,(H2,36,37). The van der Waals surface area contributed by atoms with Crippen molar-refractivity contribution in [1.29, 1.82) is 0 Å². The molecule has 0 amide bonds. The summed E-state index contributed by atoms with van der Waals surface area (Å²) in [6, 6.07) is 21.7. The summed E-state index contributed by atoms with van der Waals surface area (Å²) in [5, 5.41) is 10.6. The number of ether oxygens (including phenoxy) is 1. The molecule has 0 aliphatic carbocycles. The lowest BCUT2D eigenvalue weighted by Gasteiger charge is -2.16. The van der Waals surface area contributed by atoms with Crippen LogP contribution in [0.15, 0.2) is 83.8 Å². The number of hydrogen-bond donors (Lipinski definition) is 2. The first kappa shape index (κ1) is 31.6. The number of anilines is 1. The van der Waals surface area contributed by atoms with Crippen molar-refractivity contribution in [2.24, 2.45) is 7.05 Å². The lowest BCUT2D eigenvalue weighted by molar-refractivity contribution is 0.0831. The molecule has 1 unspecified atom stereocenters. The van der Waals surface area contributed by atoms with Gasteiger partial charge in [-0.2, -0.15) is 0 Å². The first-order valence-corrected chi connectivity index (χ1v) is 14.7. The minimum atomic E-state index is -0.616. The van der Waals surface area contributed by atoms with Crippen LogP contribution >= 0.6 is 11.6 Å². The van der Waals surface area contributed by atoms with E-state index in [-0.39, 0.29) is 30.2 Å². The molecule has 11 heteroatoms. The third kappa shape index (κ3) is 7.15. The fourth-order valence-electron chi connectivity index (χ4n) is 5.14. The summed E-state index contributed by atoms with van der Waals surface area (Å²) in [5.41, 5.74) is 10.5. The van der Waals surface area contributed by atoms with E-state index in [2.05, 4.69) is 4.98 Å². The average Bonchev–Trinajstić information content (AvgIpc) is 3.23. The number of aliphatic hydroxyl groups is 1. The van der Waals surface area contributed by atoms with Gasteiger partial charge in [-0.05, 0) is 56.9 Å². The summed E-state index contributed by atoms with van der Waals surface area (Å²) >= 11 is 6.14. The second-order valence-electron chi connectivity index (χ2n) is 11.1. The molecular weight excluding hydrogens is 592 g/mol. The minimum absolute atomic E-state index is 0.0488. The van der Waals surface area contributed by atoms with Crippen molar-refractivity contribution in [3.8, 4) is 34.0 Å². The summed E-state index contributed by atoms with van der Waals surface area (Å²) in [6.45, 7) is 2.41. The molecule has 2 heterocycles. The molecule has 0 aliphatic rings. The number of ketones is 1. The Morgan fingerprint density at radius 2 is 1.80 bits per heavy atom. The molecule has 2 aromatic heterocycles. The fourth-order valence-corrected chi connectivity index (χ4v) is 5.33. The first-order chi connectivity index (χ1) is 21.5. The van der Waals surface area contributed by atoms with Gasteiger partial charge in [0, 0.05) is 41.9 Å². The van der Waals surface area contributed by atoms with E-state index in [1.54, 1.807) is 49.1 Å². The Morgan fingerprint density at radius 3 is 2.51 bits per heavy atom. The van der Waals surface area contributed by atoms with Gasteiger partial charge in [0.25, 0.3) is 5.56 Å². The Hall–Kier alpha value is -4.77. The number of hydrogen-bond acceptors (Lipinski definition) is 8. The highest BCUT2D eigenvalue weighted by atomic mass is 35.5. The second kappa shape index (κ2) is 13.5. The molecule has 5 aromatic rings. The van der Waals surface area contributed by atoms with Crippen molar-refractivity contribution in [3.05, 3.63) is 111 Å². The van der Waals surface area contributed by atoms with E-state index < -0.39 is 11.7 Å². The lowest BCUT2D eigenvalue weighted by atomic mass is 10.0. The maximum atomic E-state index is 13.4. The van der Waals surface area contributed by atoms with E-state index in [0.717, 1.165) is 16.7 Å². The van der Waals surface area contributed by atoms with Crippen LogP contribution in [-0.4, -0.2) is 68.5 Å². The van der Waals surface area contributed by atoms with E-state index in [1.165, 1.54) is 4.68 Å². The number of halogens is 1. The average molecular weight is 627 g/mol. The molecule has 10 nitrogen and oxygen atoms in total. The Labute approximate surface area is 266 Å². The molecule has 45 heavy (non-hydrogen) atoms. The SMILES string of the molecule is Cc1c(C(=O)Cc2ccc(-c3nc(-c4cccc(OCC(O)CN(C)C)c4)cnc3N)cc2)c(=O)n(-c2cccc(Cl)c2)n1C. The Balaban J connectivity index is 1.33. The van der Waals surface area contributed by atoms with Crippen LogP contribution in [0.25, 0.3) is 28.2 Å². The molecule has 0 bridgehead atoms. The van der Waals surface area contributed by atoms with Gasteiger partial charge in [0.15, 0.2) is 5.78 Å². The summed E-state index contributed by atoms with van der Waals surface area (Å²) in [6.07, 6.45) is 1.03. The largest absolute Gasteiger partial charge is 0.491 e. The highest BCUT2D eigenvalue weighted by molar-refractivity contribution is 6.30. The normalized spacial score (nSPS) is 12.0. The van der Waals surface area contributed by atoms with Crippen molar-refractivity contribution < 1.29 is 14.6 Å². The van der Waals surface area contributed by atoms with Gasteiger partial charge < -0.3 is 20.5 Å². The van der Waals surface area contributed by atoms with Crippen LogP contribution in [0.4, 0.5) is 5.82 Å². The highest BCUT2D eigenvalue weighted by Crippen LogP contribution is 2.28. The molecule has 3 aromatic carbocycles. The first-order valence-electron chi connectivity index (χ1n) is 14.4. The van der Waals surface area contributed by atoms with Crippen LogP contribution in [0.5, 0.6) is 5.75 Å². The number of aromatic nitrogens is 4. The summed E-state index contributed by atoms with van der Waals surface area (Å²) in [4.78, 5) is 37.7. The van der Waals surface area contributed by atoms with Crippen molar-refractivity contribution in [2.75, 3.05) is 33.0 Å². The molecule has 0 aliphatic heterocycles. The molecule has 0 fully saturated rings. The molecule has 5 rings (SSSR count). The zero-order valence-electron chi connectivity index (χ0n) is 25.6. The van der Waals surface area contributed by atoms with Gasteiger partial charge in [0.1, 0.15) is 35.5 Å². The summed E-state index contributed by atoms with van der Waals surface area (Å²) in [7, 11) is 5.52. The number of aliphatic hydroxyl groups excluding tert-OH is 1. The quantitative estimate of drug-likeness (QED) is 0.204. The van der Waals surface area contributed by atoms with Gasteiger partial charge in [-0.1, -0.05) is 54.1 Å². The number of nitrogens with zero attached hydrogens (tertiary/aromatic N) is 5. The Bertz CT molecular complexity index is 1900. The van der Waals surface area contributed by atoms with Crippen LogP contribution in [-0.2, 0) is 13.5 Å². The third-order valence-electron chi connectivity index (χ3n) is 7.43. The number of nitrogen functional groups attached to an aromatic ring is 1. The molecule has 0 saturated heterocycles. The van der Waals surface area contributed by atoms with Gasteiger partial charge in [-0.25, -0.2) is 14.6 Å². The lowest BCUT2D eigenvalue weighted by Crippen LogP contribution is -2.30. The van der Waals surface area contributed by atoms with Crippen molar-refractivity contribution in [1.82, 2.24) is 24.2 Å². The van der Waals surface area contributed by atoms with Crippen LogP contribution < -0.4 is 16.0 Å². The van der Waals surface area contributed by atoms with Gasteiger partial charge in [0.05, 0.1) is 17.6 Å². The van der Waals surface area contributed by atoms with E-state index in [9.17, 15) is 14.7 Å². The summed E-state index contributed by atoms with van der Waals surface area (Å²) < 4.78 is 8.90. The molecular formula is C34H35ClN6O4. The van der Waals surface area contributed by atoms with Gasteiger partial charge in [-0.15, -0.1) is 0 Å². The molecule has 3 N–H and O–H groups in total. The predicted molar refractivity (Wildman–Crippen MR) is 176 cm³/mol. The monoisotopic (exact) mass is 626 g/mol. The van der Waals surface area contributed by atoms with Crippen LogP contribution in [0.2, 0.25) is 5.02 Å². The number of carbonyl (C=O) groups is 1. The number of carbonyl (C=O) groups excluding carboxylic acids is 1. The van der Waals surface area contributed by atoms with Crippen LogP contribution in [0, 0.1) is 6.92 Å². The Kier molecular flexibility index (Phi) is 9.48. The van der Waals surface area contributed by atoms with Crippen molar-refractivity contribution in [2.45, 2.75) is 19.4 Å². The zero-order valence-corrected chi connectivity index (χ0v) is 26.3. The Morgan fingerprint density at radius 1 is 1.07 bits per heavy atom. The minimum Gasteiger partial charge on any atom is -0.491 e. The van der Waals surface area contributed by atoms with Crippen molar-refractivity contribution in [3.63, 3.8) is 0 Å². The topological polar surface area (TPSA) is 129 Å². The maximum Gasteiger partial charge on any atom is 0.282 e. The number of nitrogens with two attached hydrogens (primary N) is 1. The van der Waals surface area contributed by atoms with Gasteiger partial charge in [0.2, 0.25) is 0 Å². The number of Topliss-reactive ketones (excluding diaryl/α,β-unsaturated/α-hetero) is 1. The summed E-state index contributed by atoms with van der Waals surface area (Å²) in [5.74, 6) is 0.593. The van der Waals surface area contributed by atoms with Crippen LogP contribution in [0.1, 0.15) is 21.6 Å². The highest BCUT2D eigenvalue weighted by Gasteiger charge is 2.22. The van der Waals surface area contributed by atoms with Crippen molar-refractivity contribution >= 4 is 23.2 Å². The molecule has 232 valence electrons. The van der Waals surface area contributed by atoms with E-state index in [4.69, 9.17) is 27.1 Å². The molecule has 1 atom stereocenters. The molecule has 0 spiro atoms. The number of likely N-dealkylation sites (N-methyl/N-ethyl adjacent to an activating group) is 1. The second-order valence-corrected chi connectivity index (χ2v) is 11.6. The van der Waals surface area contributed by atoms with E-state index >= 15 is 0 Å². The fraction of sp³-hybridized carbons (Fsp3) is 0.235. The van der Waals surface area contributed by atoms with Gasteiger partial charge in [-0.3, -0.25) is 14.3 Å². The van der Waals surface area contributed by atoms with Crippen LogP contribution in [0.3, 0.4) is 0 Å². The molecule has 0 saturated carbocycles. The number of rotatable bonds is 11. The predicted octanol–water partition coefficient (Wildman–Crippen LogP) is 4.57. The van der Waals surface area contributed by atoms with E-state index in [0.29, 0.717) is 40.1 Å². The van der Waals surface area contributed by atoms with Gasteiger partial charge >= 0.3 is 0 Å². The zero-order chi connectivity index (χ0) is 32.2. The number of benzene rings is 3. The third-order valence-corrected chi connectivity index (χ3v) is 7.66. The maximum absolute atomic E-state index is 13.4. The van der Waals surface area contributed by atoms with E-state index in [1.807, 2.05) is 67.5 Å². The smallest absolute Gasteiger partial charge is 0.282 e.